The Balaban J connectivity index is 2.15. The third-order valence-electron chi connectivity index (χ3n) is 2.64. The summed E-state index contributed by atoms with van der Waals surface area (Å²) in [6.07, 6.45) is 0. The average Bonchev–Trinajstić information content (AvgIpc) is 2.75. The molecule has 1 heterocycles. The highest BCUT2D eigenvalue weighted by Gasteiger charge is 2.21. The number of benzene rings is 1. The number of hydrogen-bond acceptors (Lipinski definition) is 2. The summed E-state index contributed by atoms with van der Waals surface area (Å²) < 4.78 is 0. The van der Waals surface area contributed by atoms with E-state index in [-0.39, 0.29) is 16.8 Å². The second kappa shape index (κ2) is 5.39. The summed E-state index contributed by atoms with van der Waals surface area (Å²) >= 11 is 3.21. The summed E-state index contributed by atoms with van der Waals surface area (Å²) in [6.45, 7) is 3.05. The molecule has 0 aromatic heterocycles. The molecule has 1 saturated heterocycles. The van der Waals surface area contributed by atoms with Crippen LogP contribution >= 0.6 is 15.9 Å². The van der Waals surface area contributed by atoms with Gasteiger partial charge in [0, 0.05) is 24.5 Å². The van der Waals surface area contributed by atoms with Crippen molar-refractivity contribution < 1.29 is 9.59 Å². The Hall–Kier alpha value is -1.56. The van der Waals surface area contributed by atoms with Crippen LogP contribution in [0.1, 0.15) is 6.92 Å². The van der Waals surface area contributed by atoms with Crippen molar-refractivity contribution in [1.29, 1.82) is 0 Å². The maximum Gasteiger partial charge on any atom is 0.321 e. The Morgan fingerprint density at radius 2 is 2.33 bits per heavy atom. The number of carbonyl (C=O) groups is 2. The Bertz CT molecular complexity index is 476. The molecular weight excluding hydrogens is 298 g/mol. The molecule has 1 atom stereocenters. The van der Waals surface area contributed by atoms with Crippen molar-refractivity contribution in [2.24, 2.45) is 0 Å². The average molecular weight is 312 g/mol. The number of halogens is 1. The van der Waals surface area contributed by atoms with Crippen molar-refractivity contribution in [3.05, 3.63) is 24.3 Å². The molecule has 18 heavy (non-hydrogen) atoms. The van der Waals surface area contributed by atoms with Crippen molar-refractivity contribution in [2.45, 2.75) is 11.8 Å². The summed E-state index contributed by atoms with van der Waals surface area (Å²) in [7, 11) is 0. The molecule has 1 fully saturated rings. The summed E-state index contributed by atoms with van der Waals surface area (Å²) in [6, 6.07) is 7.14. The minimum Gasteiger partial charge on any atom is -0.336 e. The number of carbonyl (C=O) groups excluding carboxylic acids is 2. The van der Waals surface area contributed by atoms with Crippen molar-refractivity contribution in [3.8, 4) is 0 Å². The number of nitrogens with one attached hydrogen (secondary N) is 2. The Kier molecular flexibility index (Phi) is 3.86. The van der Waals surface area contributed by atoms with Crippen LogP contribution in [-0.4, -0.2) is 29.9 Å². The zero-order valence-electron chi connectivity index (χ0n) is 9.94. The van der Waals surface area contributed by atoms with Crippen LogP contribution in [0.3, 0.4) is 0 Å². The van der Waals surface area contributed by atoms with E-state index in [9.17, 15) is 9.59 Å². The minimum absolute atomic E-state index is 0.104. The van der Waals surface area contributed by atoms with Crippen LogP contribution in [0.4, 0.5) is 16.2 Å². The van der Waals surface area contributed by atoms with Crippen LogP contribution in [0.2, 0.25) is 0 Å². The summed E-state index contributed by atoms with van der Waals surface area (Å²) in [5.41, 5.74) is 1.47. The molecule has 0 spiro atoms. The smallest absolute Gasteiger partial charge is 0.321 e. The molecule has 0 radical (unpaired) electrons. The molecule has 96 valence electrons. The van der Waals surface area contributed by atoms with Crippen LogP contribution in [0.25, 0.3) is 0 Å². The lowest BCUT2D eigenvalue weighted by molar-refractivity contribution is -0.115. The van der Waals surface area contributed by atoms with Gasteiger partial charge in [-0.3, -0.25) is 9.69 Å². The van der Waals surface area contributed by atoms with Crippen molar-refractivity contribution >= 4 is 39.2 Å². The quantitative estimate of drug-likeness (QED) is 0.838. The van der Waals surface area contributed by atoms with Gasteiger partial charge in [0.25, 0.3) is 0 Å². The molecule has 1 unspecified atom stereocenters. The topological polar surface area (TPSA) is 61.4 Å². The number of alkyl halides is 1. The monoisotopic (exact) mass is 311 g/mol. The minimum atomic E-state index is -0.253. The Morgan fingerprint density at radius 1 is 1.56 bits per heavy atom. The van der Waals surface area contributed by atoms with Gasteiger partial charge < -0.3 is 10.6 Å². The van der Waals surface area contributed by atoms with Crippen LogP contribution in [0, 0.1) is 0 Å². The van der Waals surface area contributed by atoms with Gasteiger partial charge in [0.2, 0.25) is 5.91 Å². The lowest BCUT2D eigenvalue weighted by Gasteiger charge is -2.15. The summed E-state index contributed by atoms with van der Waals surface area (Å²) in [5, 5.41) is 5.51. The highest BCUT2D eigenvalue weighted by molar-refractivity contribution is 9.10. The normalized spacial score (nSPS) is 16.3. The second-order valence-corrected chi connectivity index (χ2v) is 5.41. The number of hydrogen-bond donors (Lipinski definition) is 2. The third kappa shape index (κ3) is 2.81. The molecule has 5 nitrogen and oxygen atoms in total. The predicted molar refractivity (Wildman–Crippen MR) is 74.2 cm³/mol. The molecule has 1 aliphatic rings. The zero-order valence-corrected chi connectivity index (χ0v) is 11.5. The Labute approximate surface area is 114 Å². The van der Waals surface area contributed by atoms with Gasteiger partial charge in [0.05, 0.1) is 4.83 Å². The first-order chi connectivity index (χ1) is 8.58. The third-order valence-corrected chi connectivity index (χ3v) is 3.06. The van der Waals surface area contributed by atoms with Crippen LogP contribution < -0.4 is 15.5 Å². The predicted octanol–water partition coefficient (Wildman–Crippen LogP) is 1.94. The van der Waals surface area contributed by atoms with E-state index in [1.165, 1.54) is 0 Å². The Morgan fingerprint density at radius 3 is 2.94 bits per heavy atom. The van der Waals surface area contributed by atoms with Crippen molar-refractivity contribution in [2.75, 3.05) is 23.3 Å². The number of urea groups is 1. The number of nitrogens with zero attached hydrogens (tertiary/aromatic N) is 1. The fourth-order valence-corrected chi connectivity index (χ4v) is 1.83. The zero-order chi connectivity index (χ0) is 13.1. The molecular formula is C12H14BrN3O2. The standard InChI is InChI=1S/C12H14BrN3O2/c1-8(13)11(17)15-9-3-2-4-10(7-9)16-6-5-14-12(16)18/h2-4,7-8H,5-6H2,1H3,(H,14,18)(H,15,17). The highest BCUT2D eigenvalue weighted by Crippen LogP contribution is 2.21. The molecule has 2 rings (SSSR count). The van der Waals surface area contributed by atoms with Gasteiger partial charge in [-0.05, 0) is 25.1 Å². The van der Waals surface area contributed by atoms with E-state index in [1.54, 1.807) is 24.0 Å². The molecule has 0 saturated carbocycles. The molecule has 0 aliphatic carbocycles. The van der Waals surface area contributed by atoms with Crippen LogP contribution in [-0.2, 0) is 4.79 Å². The molecule has 0 bridgehead atoms. The van der Waals surface area contributed by atoms with E-state index in [2.05, 4.69) is 26.6 Å². The van der Waals surface area contributed by atoms with Gasteiger partial charge in [-0.1, -0.05) is 22.0 Å². The maximum atomic E-state index is 11.6. The van der Waals surface area contributed by atoms with E-state index in [0.717, 1.165) is 5.69 Å². The second-order valence-electron chi connectivity index (χ2n) is 4.04. The van der Waals surface area contributed by atoms with Crippen LogP contribution in [0.15, 0.2) is 24.3 Å². The fourth-order valence-electron chi connectivity index (χ4n) is 1.71. The summed E-state index contributed by atoms with van der Waals surface area (Å²) in [5.74, 6) is -0.113. The molecule has 1 aromatic carbocycles. The molecule has 6 heteroatoms. The lowest BCUT2D eigenvalue weighted by Crippen LogP contribution is -2.27. The van der Waals surface area contributed by atoms with E-state index in [1.807, 2.05) is 12.1 Å². The fraction of sp³-hybridized carbons (Fsp3) is 0.333. The highest BCUT2D eigenvalue weighted by atomic mass is 79.9. The molecule has 2 N–H and O–H groups in total. The molecule has 3 amide bonds. The SMILES string of the molecule is CC(Br)C(=O)Nc1cccc(N2CCNC2=O)c1. The van der Waals surface area contributed by atoms with Gasteiger partial charge in [-0.25, -0.2) is 4.79 Å². The lowest BCUT2D eigenvalue weighted by atomic mass is 10.2. The number of amides is 3. The van der Waals surface area contributed by atoms with E-state index >= 15 is 0 Å². The van der Waals surface area contributed by atoms with Gasteiger partial charge in [-0.15, -0.1) is 0 Å². The van der Waals surface area contributed by atoms with Crippen LogP contribution in [0.5, 0.6) is 0 Å². The van der Waals surface area contributed by atoms with E-state index in [0.29, 0.717) is 18.8 Å². The largest absolute Gasteiger partial charge is 0.336 e. The first kappa shape index (κ1) is 12.9. The van der Waals surface area contributed by atoms with Crippen molar-refractivity contribution in [3.63, 3.8) is 0 Å². The van der Waals surface area contributed by atoms with E-state index in [4.69, 9.17) is 0 Å². The van der Waals surface area contributed by atoms with Gasteiger partial charge in [-0.2, -0.15) is 0 Å². The van der Waals surface area contributed by atoms with Gasteiger partial charge in [0.15, 0.2) is 0 Å². The molecule has 1 aliphatic heterocycles. The molecule has 1 aromatic rings. The first-order valence-electron chi connectivity index (χ1n) is 5.68. The first-order valence-corrected chi connectivity index (χ1v) is 6.60. The number of anilines is 2. The number of rotatable bonds is 3. The van der Waals surface area contributed by atoms with Gasteiger partial charge >= 0.3 is 6.03 Å². The van der Waals surface area contributed by atoms with Crippen molar-refractivity contribution in [1.82, 2.24) is 5.32 Å². The van der Waals surface area contributed by atoms with E-state index < -0.39 is 0 Å². The summed E-state index contributed by atoms with van der Waals surface area (Å²) in [4.78, 5) is 24.5. The maximum absolute atomic E-state index is 11.6. The van der Waals surface area contributed by atoms with Gasteiger partial charge in [0.1, 0.15) is 0 Å².